The van der Waals surface area contributed by atoms with Gasteiger partial charge in [-0.25, -0.2) is 0 Å². The number of hydrogen-bond acceptors (Lipinski definition) is 5. The van der Waals surface area contributed by atoms with Gasteiger partial charge in [-0.1, -0.05) is 0 Å². The van der Waals surface area contributed by atoms with Crippen molar-refractivity contribution in [3.63, 3.8) is 0 Å². The largest absolute Gasteiger partial charge is 0.489 e. The zero-order valence-electron chi connectivity index (χ0n) is 9.81. The van der Waals surface area contributed by atoms with Crippen molar-refractivity contribution in [1.29, 1.82) is 5.26 Å². The molecule has 0 aliphatic heterocycles. The summed E-state index contributed by atoms with van der Waals surface area (Å²) < 4.78 is 9.82. The van der Waals surface area contributed by atoms with Crippen LogP contribution in [0.1, 0.15) is 26.3 Å². The molecule has 0 fully saturated rings. The van der Waals surface area contributed by atoms with Crippen LogP contribution in [0.3, 0.4) is 0 Å². The zero-order valence-corrected chi connectivity index (χ0v) is 9.81. The van der Waals surface area contributed by atoms with Crippen LogP contribution in [0.2, 0.25) is 0 Å². The molecule has 18 heavy (non-hydrogen) atoms. The number of fused-ring (bicyclic) bond motifs is 1. The van der Waals surface area contributed by atoms with E-state index in [-0.39, 0.29) is 22.6 Å². The van der Waals surface area contributed by atoms with Crippen LogP contribution in [0.4, 0.5) is 0 Å². The minimum atomic E-state index is -0.457. The van der Waals surface area contributed by atoms with Crippen molar-refractivity contribution >= 4 is 11.6 Å². The lowest BCUT2D eigenvalue weighted by Gasteiger charge is -2.18. The Balaban J connectivity index is 2.69. The molecule has 0 bridgehead atoms. The first-order valence-corrected chi connectivity index (χ1v) is 5.09. The van der Waals surface area contributed by atoms with Crippen LogP contribution in [0, 0.1) is 11.3 Å². The Morgan fingerprint density at radius 3 is 2.06 bits per heavy atom. The van der Waals surface area contributed by atoms with Crippen LogP contribution in [0.25, 0.3) is 0 Å². The van der Waals surface area contributed by atoms with E-state index in [1.54, 1.807) is 0 Å². The van der Waals surface area contributed by atoms with Gasteiger partial charge >= 0.3 is 0 Å². The minimum absolute atomic E-state index is 0.111. The van der Waals surface area contributed by atoms with Crippen LogP contribution in [0.15, 0.2) is 29.7 Å². The van der Waals surface area contributed by atoms with Gasteiger partial charge in [-0.05, 0) is 18.2 Å². The first-order valence-electron chi connectivity index (χ1n) is 5.09. The maximum atomic E-state index is 12.1. The van der Waals surface area contributed by atoms with Crippen LogP contribution in [0.5, 0.6) is 0 Å². The number of hydrogen-bond donors (Lipinski definition) is 0. The summed E-state index contributed by atoms with van der Waals surface area (Å²) in [6.45, 7) is 0. The third-order valence-corrected chi connectivity index (χ3v) is 2.66. The Hall–Kier alpha value is -2.61. The molecular formula is C13H9NO4. The van der Waals surface area contributed by atoms with E-state index >= 15 is 0 Å². The second-order valence-electron chi connectivity index (χ2n) is 3.60. The van der Waals surface area contributed by atoms with Gasteiger partial charge in [0.25, 0.3) is 0 Å². The number of benzene rings is 1. The molecular weight excluding hydrogens is 234 g/mol. The van der Waals surface area contributed by atoms with Gasteiger partial charge in [-0.15, -0.1) is 0 Å². The Labute approximate surface area is 103 Å². The number of ketones is 2. The fourth-order valence-corrected chi connectivity index (χ4v) is 1.82. The molecule has 0 saturated carbocycles. The van der Waals surface area contributed by atoms with Crippen molar-refractivity contribution in [2.45, 2.75) is 0 Å². The summed E-state index contributed by atoms with van der Waals surface area (Å²) in [6, 6.07) is 6.22. The fourth-order valence-electron chi connectivity index (χ4n) is 1.82. The van der Waals surface area contributed by atoms with Gasteiger partial charge in [-0.2, -0.15) is 5.26 Å². The average molecular weight is 243 g/mol. The molecule has 0 saturated heterocycles. The molecule has 90 valence electrons. The molecule has 1 aliphatic carbocycles. The highest BCUT2D eigenvalue weighted by Crippen LogP contribution is 2.27. The molecule has 1 aliphatic rings. The topological polar surface area (TPSA) is 76.4 Å². The number of Topliss-reactive ketones (excluding diaryl/α,β-unsaturated/α-hetero) is 2. The maximum Gasteiger partial charge on any atom is 0.232 e. The molecule has 0 atom stereocenters. The van der Waals surface area contributed by atoms with Crippen LogP contribution < -0.4 is 0 Å². The normalized spacial score (nSPS) is 14.1. The third kappa shape index (κ3) is 1.55. The van der Waals surface area contributed by atoms with Gasteiger partial charge in [0.1, 0.15) is 0 Å². The van der Waals surface area contributed by atoms with Crippen molar-refractivity contribution in [2.75, 3.05) is 14.2 Å². The smallest absolute Gasteiger partial charge is 0.232 e. The van der Waals surface area contributed by atoms with Crippen LogP contribution in [-0.4, -0.2) is 25.8 Å². The second kappa shape index (κ2) is 4.34. The van der Waals surface area contributed by atoms with Gasteiger partial charge in [0.2, 0.25) is 23.1 Å². The maximum absolute atomic E-state index is 12.1. The molecule has 0 radical (unpaired) electrons. The lowest BCUT2D eigenvalue weighted by atomic mass is 9.91. The monoisotopic (exact) mass is 243 g/mol. The third-order valence-electron chi connectivity index (χ3n) is 2.66. The number of allylic oxidation sites excluding steroid dienone is 2. The molecule has 0 spiro atoms. The number of carbonyl (C=O) groups is 2. The summed E-state index contributed by atoms with van der Waals surface area (Å²) in [5.74, 6) is -1.13. The van der Waals surface area contributed by atoms with Crippen LogP contribution >= 0.6 is 0 Å². The quantitative estimate of drug-likeness (QED) is 0.785. The van der Waals surface area contributed by atoms with Gasteiger partial charge in [0.15, 0.2) is 0 Å². The SMILES string of the molecule is COC1=C(OC)C(=O)c2cc(C#N)ccc2C1=O. The average Bonchev–Trinajstić information content (AvgIpc) is 2.41. The first-order chi connectivity index (χ1) is 8.63. The standard InChI is InChI=1S/C13H9NO4/c1-17-12-10(15)8-4-3-7(6-14)5-9(8)11(16)13(12)18-2/h3-5H,1-2H3. The molecule has 1 aromatic carbocycles. The summed E-state index contributed by atoms with van der Waals surface area (Å²) in [6.07, 6.45) is 0. The zero-order chi connectivity index (χ0) is 13.3. The van der Waals surface area contributed by atoms with E-state index < -0.39 is 11.6 Å². The van der Waals surface area contributed by atoms with Crippen molar-refractivity contribution in [1.82, 2.24) is 0 Å². The minimum Gasteiger partial charge on any atom is -0.489 e. The number of rotatable bonds is 2. The van der Waals surface area contributed by atoms with Gasteiger partial charge < -0.3 is 9.47 Å². The highest BCUT2D eigenvalue weighted by molar-refractivity contribution is 6.25. The molecule has 2 rings (SSSR count). The Morgan fingerprint density at radius 1 is 1.00 bits per heavy atom. The number of nitrogens with zero attached hydrogens (tertiary/aromatic N) is 1. The lowest BCUT2D eigenvalue weighted by Crippen LogP contribution is -2.24. The molecule has 5 heteroatoms. The second-order valence-corrected chi connectivity index (χ2v) is 3.60. The fraction of sp³-hybridized carbons (Fsp3) is 0.154. The number of ether oxygens (including phenoxy) is 2. The van der Waals surface area contributed by atoms with Crippen LogP contribution in [-0.2, 0) is 9.47 Å². The van der Waals surface area contributed by atoms with E-state index in [0.29, 0.717) is 5.56 Å². The summed E-state index contributed by atoms with van der Waals surface area (Å²) >= 11 is 0. The molecule has 1 aromatic rings. The predicted octanol–water partition coefficient (Wildman–Crippen LogP) is 1.44. The summed E-state index contributed by atoms with van der Waals surface area (Å²) in [5, 5.41) is 8.80. The van der Waals surface area contributed by atoms with E-state index in [2.05, 4.69) is 0 Å². The summed E-state index contributed by atoms with van der Waals surface area (Å²) in [4.78, 5) is 24.2. The predicted molar refractivity (Wildman–Crippen MR) is 60.9 cm³/mol. The van der Waals surface area contributed by atoms with Gasteiger partial charge in [0, 0.05) is 11.1 Å². The van der Waals surface area contributed by atoms with E-state index in [9.17, 15) is 9.59 Å². The van der Waals surface area contributed by atoms with E-state index in [1.807, 2.05) is 6.07 Å². The Morgan fingerprint density at radius 2 is 1.56 bits per heavy atom. The Kier molecular flexibility index (Phi) is 2.86. The molecule has 0 unspecified atom stereocenters. The number of methoxy groups -OCH3 is 2. The van der Waals surface area contributed by atoms with Crippen molar-refractivity contribution in [3.05, 3.63) is 46.4 Å². The molecule has 0 amide bonds. The summed E-state index contributed by atoms with van der Waals surface area (Å²) in [5.41, 5.74) is 0.694. The van der Waals surface area contributed by atoms with Crippen molar-refractivity contribution in [3.8, 4) is 6.07 Å². The van der Waals surface area contributed by atoms with Gasteiger partial charge in [-0.3, -0.25) is 9.59 Å². The molecule has 0 N–H and O–H groups in total. The lowest BCUT2D eigenvalue weighted by molar-refractivity contribution is 0.0829. The molecule has 0 aromatic heterocycles. The van der Waals surface area contributed by atoms with E-state index in [1.165, 1.54) is 32.4 Å². The first kappa shape index (κ1) is 11.9. The number of carbonyl (C=O) groups excluding carboxylic acids is 2. The summed E-state index contributed by atoms with van der Waals surface area (Å²) in [7, 11) is 2.59. The number of nitriles is 1. The highest BCUT2D eigenvalue weighted by Gasteiger charge is 2.34. The van der Waals surface area contributed by atoms with E-state index in [4.69, 9.17) is 14.7 Å². The van der Waals surface area contributed by atoms with Crippen molar-refractivity contribution in [2.24, 2.45) is 0 Å². The Bertz CT molecular complexity index is 622. The van der Waals surface area contributed by atoms with Crippen molar-refractivity contribution < 1.29 is 19.1 Å². The molecule has 5 nitrogen and oxygen atoms in total. The van der Waals surface area contributed by atoms with E-state index in [0.717, 1.165) is 0 Å². The highest BCUT2D eigenvalue weighted by atomic mass is 16.5. The molecule has 0 heterocycles. The van der Waals surface area contributed by atoms with Gasteiger partial charge in [0.05, 0.1) is 25.9 Å².